The molecule has 0 unspecified atom stereocenters. The molecule has 0 atom stereocenters. The molecule has 0 radical (unpaired) electrons. The highest BCUT2D eigenvalue weighted by atomic mass is 14.9. The lowest BCUT2D eigenvalue weighted by Gasteiger charge is -2.11. The fraction of sp³-hybridized carbons (Fsp3) is 0.586. The first-order chi connectivity index (χ1) is 16.2. The van der Waals surface area contributed by atoms with Crippen molar-refractivity contribution in [3.05, 3.63) is 68.8 Å². The largest absolute Gasteiger partial charge is 0.241 e. The van der Waals surface area contributed by atoms with Gasteiger partial charge in [-0.2, -0.15) is 0 Å². The summed E-state index contributed by atoms with van der Waals surface area (Å²) in [5, 5.41) is 0. The number of hydrogen-bond donors (Lipinski definition) is 0. The number of aromatic nitrogens is 6. The number of nitrogens with zero attached hydrogens (tertiary/aromatic N) is 6. The van der Waals surface area contributed by atoms with Crippen molar-refractivity contribution in [2.75, 3.05) is 0 Å². The second-order valence-electron chi connectivity index (χ2n) is 10.1. The van der Waals surface area contributed by atoms with Crippen LogP contribution < -0.4 is 0 Å². The highest BCUT2D eigenvalue weighted by Gasteiger charge is 2.10. The molecule has 6 nitrogen and oxygen atoms in total. The summed E-state index contributed by atoms with van der Waals surface area (Å²) in [7, 11) is 0. The molecule has 0 aliphatic carbocycles. The molecule has 0 saturated carbocycles. The van der Waals surface area contributed by atoms with E-state index >= 15 is 0 Å². The molecule has 3 aromatic rings. The third-order valence-electron chi connectivity index (χ3n) is 5.96. The van der Waals surface area contributed by atoms with Crippen LogP contribution in [-0.4, -0.2) is 29.9 Å². The molecule has 35 heavy (non-hydrogen) atoms. The summed E-state index contributed by atoms with van der Waals surface area (Å²) < 4.78 is 0. The second-order valence-corrected chi connectivity index (χ2v) is 10.1. The maximum atomic E-state index is 4.42. The highest BCUT2D eigenvalue weighted by molar-refractivity contribution is 5.27. The molecule has 3 aromatic heterocycles. The summed E-state index contributed by atoms with van der Waals surface area (Å²) in [5.74, 6) is 3.28. The Morgan fingerprint density at radius 2 is 0.829 bits per heavy atom. The Balaban J connectivity index is 0.000000263. The van der Waals surface area contributed by atoms with E-state index in [1.807, 2.05) is 34.6 Å². The first kappa shape index (κ1) is 30.3. The molecule has 6 heteroatoms. The molecular formula is C29H46N6. The summed E-state index contributed by atoms with van der Waals surface area (Å²) >= 11 is 0. The molecule has 192 valence electrons. The van der Waals surface area contributed by atoms with E-state index in [2.05, 4.69) is 92.2 Å². The first-order valence-electron chi connectivity index (χ1n) is 12.6. The van der Waals surface area contributed by atoms with Crippen LogP contribution >= 0.6 is 0 Å². The molecule has 0 aromatic carbocycles. The van der Waals surface area contributed by atoms with Crippen LogP contribution in [0.25, 0.3) is 0 Å². The molecule has 0 aliphatic heterocycles. The Hall–Kier alpha value is -2.76. The van der Waals surface area contributed by atoms with E-state index < -0.39 is 0 Å². The molecular weight excluding hydrogens is 432 g/mol. The van der Waals surface area contributed by atoms with Crippen molar-refractivity contribution in [2.45, 2.75) is 115 Å². The van der Waals surface area contributed by atoms with Crippen molar-refractivity contribution < 1.29 is 0 Å². The van der Waals surface area contributed by atoms with Gasteiger partial charge < -0.3 is 0 Å². The van der Waals surface area contributed by atoms with E-state index in [4.69, 9.17) is 0 Å². The van der Waals surface area contributed by atoms with Gasteiger partial charge in [-0.3, -0.25) is 0 Å². The van der Waals surface area contributed by atoms with E-state index in [0.717, 1.165) is 40.1 Å². The van der Waals surface area contributed by atoms with Crippen LogP contribution in [0.5, 0.6) is 0 Å². The summed E-state index contributed by atoms with van der Waals surface area (Å²) in [5.41, 5.74) is 10.5. The minimum atomic E-state index is 0.491. The van der Waals surface area contributed by atoms with E-state index in [1.54, 1.807) is 6.33 Å². The highest BCUT2D eigenvalue weighted by Crippen LogP contribution is 2.21. The average Bonchev–Trinajstić information content (AvgIpc) is 2.70. The predicted octanol–water partition coefficient (Wildman–Crippen LogP) is 7.27. The van der Waals surface area contributed by atoms with E-state index in [-0.39, 0.29) is 0 Å². The van der Waals surface area contributed by atoms with Crippen molar-refractivity contribution in [1.82, 2.24) is 29.9 Å². The maximum Gasteiger partial charge on any atom is 0.125 e. The van der Waals surface area contributed by atoms with Gasteiger partial charge in [0, 0.05) is 34.2 Å². The summed E-state index contributed by atoms with van der Waals surface area (Å²) in [6.45, 7) is 29.2. The SMILES string of the molecule is Cc1nc(C)c(C(C)C)c(C)n1.Cc1nc(C)c(C)c(C(C)C)n1.Cc1ncnc(C)c1C(C)C. The zero-order chi connectivity index (χ0) is 27.0. The first-order valence-corrected chi connectivity index (χ1v) is 12.6. The van der Waals surface area contributed by atoms with Crippen molar-refractivity contribution in [3.8, 4) is 0 Å². The minimum Gasteiger partial charge on any atom is -0.241 e. The Morgan fingerprint density at radius 1 is 0.457 bits per heavy atom. The number of hydrogen-bond acceptors (Lipinski definition) is 6. The molecule has 3 rings (SSSR count). The zero-order valence-corrected chi connectivity index (χ0v) is 24.5. The standard InChI is InChI=1S/2C10H16N2.C9H14N2/c1-6(2)10-7(3)11-9(5)12-8(10)4;1-6(2)10-7(3)8(4)11-9(5)12-10;1-6(2)9-7(3)10-5-11-8(9)4/h2*6H,1-5H3;5-6H,1-4H3. The Bertz CT molecular complexity index is 1070. The summed E-state index contributed by atoms with van der Waals surface area (Å²) in [6, 6.07) is 0. The van der Waals surface area contributed by atoms with E-state index in [1.165, 1.54) is 22.4 Å². The van der Waals surface area contributed by atoms with Crippen LogP contribution in [0.3, 0.4) is 0 Å². The van der Waals surface area contributed by atoms with Gasteiger partial charge in [0.1, 0.15) is 18.0 Å². The lowest BCUT2D eigenvalue weighted by atomic mass is 10.0. The molecule has 0 fully saturated rings. The van der Waals surface area contributed by atoms with Crippen LogP contribution in [0.4, 0.5) is 0 Å². The van der Waals surface area contributed by atoms with Gasteiger partial charge in [0.2, 0.25) is 0 Å². The van der Waals surface area contributed by atoms with Crippen LogP contribution in [-0.2, 0) is 0 Å². The average molecular weight is 479 g/mol. The predicted molar refractivity (Wildman–Crippen MR) is 146 cm³/mol. The molecule has 0 N–H and O–H groups in total. The van der Waals surface area contributed by atoms with Crippen LogP contribution in [0.2, 0.25) is 0 Å². The van der Waals surface area contributed by atoms with Crippen molar-refractivity contribution in [1.29, 1.82) is 0 Å². The molecule has 0 spiro atoms. The summed E-state index contributed by atoms with van der Waals surface area (Å²) in [4.78, 5) is 25.7. The van der Waals surface area contributed by atoms with Crippen LogP contribution in [0.15, 0.2) is 6.33 Å². The lowest BCUT2D eigenvalue weighted by Crippen LogP contribution is -2.03. The van der Waals surface area contributed by atoms with Crippen LogP contribution in [0, 0.1) is 55.4 Å². The van der Waals surface area contributed by atoms with Gasteiger partial charge in [0.15, 0.2) is 0 Å². The number of rotatable bonds is 3. The van der Waals surface area contributed by atoms with Crippen molar-refractivity contribution in [2.24, 2.45) is 0 Å². The fourth-order valence-corrected chi connectivity index (χ4v) is 4.52. The molecule has 0 aliphatic rings. The van der Waals surface area contributed by atoms with Gasteiger partial charge in [-0.1, -0.05) is 41.5 Å². The smallest absolute Gasteiger partial charge is 0.125 e. The van der Waals surface area contributed by atoms with Gasteiger partial charge in [0.25, 0.3) is 0 Å². The summed E-state index contributed by atoms with van der Waals surface area (Å²) in [6.07, 6.45) is 1.62. The van der Waals surface area contributed by atoms with Crippen molar-refractivity contribution in [3.63, 3.8) is 0 Å². The zero-order valence-electron chi connectivity index (χ0n) is 24.5. The van der Waals surface area contributed by atoms with E-state index in [0.29, 0.717) is 17.8 Å². The Morgan fingerprint density at radius 3 is 1.20 bits per heavy atom. The number of aryl methyl sites for hydroxylation is 7. The van der Waals surface area contributed by atoms with E-state index in [9.17, 15) is 0 Å². The second kappa shape index (κ2) is 13.4. The van der Waals surface area contributed by atoms with Gasteiger partial charge >= 0.3 is 0 Å². The topological polar surface area (TPSA) is 77.3 Å². The normalized spacial score (nSPS) is 10.8. The van der Waals surface area contributed by atoms with Crippen LogP contribution in [0.1, 0.15) is 122 Å². The monoisotopic (exact) mass is 478 g/mol. The third-order valence-corrected chi connectivity index (χ3v) is 5.96. The van der Waals surface area contributed by atoms with Crippen molar-refractivity contribution >= 4 is 0 Å². The minimum absolute atomic E-state index is 0.491. The molecule has 3 heterocycles. The quantitative estimate of drug-likeness (QED) is 0.394. The Kier molecular flexibility index (Phi) is 11.6. The van der Waals surface area contributed by atoms with Gasteiger partial charge in [0.05, 0.1) is 0 Å². The molecule has 0 saturated heterocycles. The van der Waals surface area contributed by atoms with Gasteiger partial charge in [-0.25, -0.2) is 29.9 Å². The fourth-order valence-electron chi connectivity index (χ4n) is 4.52. The Labute approximate surface area is 213 Å². The van der Waals surface area contributed by atoms with Gasteiger partial charge in [-0.15, -0.1) is 0 Å². The molecule has 0 amide bonds. The third kappa shape index (κ3) is 8.75. The van der Waals surface area contributed by atoms with Gasteiger partial charge in [-0.05, 0) is 89.8 Å². The maximum absolute atomic E-state index is 4.42. The molecule has 0 bridgehead atoms. The lowest BCUT2D eigenvalue weighted by molar-refractivity contribution is 0.780.